The number of hydrogen-bond acceptors (Lipinski definition) is 6. The van der Waals surface area contributed by atoms with Crippen molar-refractivity contribution in [1.82, 2.24) is 10.6 Å². The molecular weight excluding hydrogens is 574 g/mol. The minimum Gasteiger partial charge on any atom is -0.481 e. The van der Waals surface area contributed by atoms with Crippen molar-refractivity contribution in [3.05, 3.63) is 131 Å². The standard InChI is InChI=1S/C35H31N3O7/c1-22(36-29(39)20-23-16-18-25(19-17-23)32(42)24-10-4-2-5-11-24)34(43)37-31-33(26-12-6-3-7-13-26)45-28-15-9-8-14-27(28)38(35(31)44)21-30(40)41/h2-19,22,31,33H,20-21H2,1H3,(H,36,39)(H,37,43)(H,40,41)/t22?,31-,33+/m0/s1. The number of carbonyl (C=O) groups is 5. The molecule has 0 fully saturated rings. The summed E-state index contributed by atoms with van der Waals surface area (Å²) in [5, 5.41) is 14.9. The molecule has 4 aromatic rings. The second-order valence-corrected chi connectivity index (χ2v) is 10.6. The Hall–Kier alpha value is -5.77. The first kappa shape index (κ1) is 30.7. The van der Waals surface area contributed by atoms with E-state index in [1.165, 1.54) is 6.92 Å². The first-order chi connectivity index (χ1) is 21.7. The summed E-state index contributed by atoms with van der Waals surface area (Å²) in [6.07, 6.45) is -1.03. The summed E-state index contributed by atoms with van der Waals surface area (Å²) in [4.78, 5) is 65.6. The average molecular weight is 606 g/mol. The zero-order chi connectivity index (χ0) is 31.9. The summed E-state index contributed by atoms with van der Waals surface area (Å²) in [5.74, 6) is -2.85. The summed E-state index contributed by atoms with van der Waals surface area (Å²) in [7, 11) is 0. The van der Waals surface area contributed by atoms with E-state index >= 15 is 0 Å². The number of ketones is 1. The number of carboxylic acid groups (broad SMARTS) is 1. The number of fused-ring (bicyclic) bond motifs is 1. The quantitative estimate of drug-likeness (QED) is 0.234. The lowest BCUT2D eigenvalue weighted by molar-refractivity contribution is -0.137. The molecule has 0 spiro atoms. The highest BCUT2D eigenvalue weighted by Crippen LogP contribution is 2.37. The van der Waals surface area contributed by atoms with E-state index in [2.05, 4.69) is 10.6 Å². The van der Waals surface area contributed by atoms with Crippen molar-refractivity contribution in [1.29, 1.82) is 0 Å². The van der Waals surface area contributed by atoms with Crippen LogP contribution in [0.3, 0.4) is 0 Å². The Morgan fingerprint density at radius 3 is 2.09 bits per heavy atom. The van der Waals surface area contributed by atoms with Crippen LogP contribution in [0.5, 0.6) is 5.75 Å². The number of ether oxygens (including phenoxy) is 1. The molecule has 0 bridgehead atoms. The highest BCUT2D eigenvalue weighted by molar-refractivity contribution is 6.09. The molecule has 10 heteroatoms. The van der Waals surface area contributed by atoms with Crippen molar-refractivity contribution in [2.75, 3.05) is 11.4 Å². The van der Waals surface area contributed by atoms with Crippen molar-refractivity contribution in [2.45, 2.75) is 31.5 Å². The van der Waals surface area contributed by atoms with Crippen molar-refractivity contribution in [2.24, 2.45) is 0 Å². The van der Waals surface area contributed by atoms with Crippen LogP contribution in [0.1, 0.15) is 40.1 Å². The molecule has 0 saturated heterocycles. The Labute approximate surface area is 259 Å². The average Bonchev–Trinajstić information content (AvgIpc) is 3.16. The third-order valence-corrected chi connectivity index (χ3v) is 7.35. The van der Waals surface area contributed by atoms with Crippen molar-refractivity contribution in [3.8, 4) is 5.75 Å². The van der Waals surface area contributed by atoms with Gasteiger partial charge < -0.3 is 20.5 Å². The number of carboxylic acids is 1. The Morgan fingerprint density at radius 2 is 1.42 bits per heavy atom. The lowest BCUT2D eigenvalue weighted by Crippen LogP contribution is -2.56. The van der Waals surface area contributed by atoms with Crippen LogP contribution in [0.2, 0.25) is 0 Å². The van der Waals surface area contributed by atoms with E-state index in [4.69, 9.17) is 4.74 Å². The van der Waals surface area contributed by atoms with Crippen molar-refractivity contribution >= 4 is 35.2 Å². The fraction of sp³-hybridized carbons (Fsp3) is 0.171. The Kier molecular flexibility index (Phi) is 9.33. The maximum absolute atomic E-state index is 13.9. The fourth-order valence-electron chi connectivity index (χ4n) is 5.09. The topological polar surface area (TPSA) is 142 Å². The SMILES string of the molecule is CC(NC(=O)Cc1ccc(C(=O)c2ccccc2)cc1)C(=O)N[C@@H]1C(=O)N(CC(=O)O)c2ccccc2O[C@@H]1c1ccccc1. The smallest absolute Gasteiger partial charge is 0.323 e. The Bertz CT molecular complexity index is 1710. The molecule has 1 aliphatic rings. The summed E-state index contributed by atoms with van der Waals surface area (Å²) >= 11 is 0. The van der Waals surface area contributed by atoms with Gasteiger partial charge in [0.25, 0.3) is 5.91 Å². The van der Waals surface area contributed by atoms with Crippen LogP contribution >= 0.6 is 0 Å². The van der Waals surface area contributed by atoms with Gasteiger partial charge in [-0.05, 0) is 30.2 Å². The van der Waals surface area contributed by atoms with Gasteiger partial charge in [-0.2, -0.15) is 0 Å². The predicted molar refractivity (Wildman–Crippen MR) is 166 cm³/mol. The summed E-state index contributed by atoms with van der Waals surface area (Å²) in [6.45, 7) is 0.841. The molecule has 228 valence electrons. The van der Waals surface area contributed by atoms with Gasteiger partial charge in [0, 0.05) is 11.1 Å². The number of carbonyl (C=O) groups excluding carboxylic acids is 4. The summed E-state index contributed by atoms with van der Waals surface area (Å²) in [6, 6.07) is 28.6. The molecule has 1 heterocycles. The molecule has 1 aliphatic heterocycles. The largest absolute Gasteiger partial charge is 0.481 e. The number of rotatable bonds is 10. The molecular formula is C35H31N3O7. The number of aliphatic carboxylic acids is 1. The van der Waals surface area contributed by atoms with Crippen LogP contribution in [0.15, 0.2) is 109 Å². The Morgan fingerprint density at radius 1 is 0.822 bits per heavy atom. The molecule has 3 N–H and O–H groups in total. The number of nitrogens with zero attached hydrogens (tertiary/aromatic N) is 1. The van der Waals surface area contributed by atoms with Crippen molar-refractivity contribution in [3.63, 3.8) is 0 Å². The number of nitrogens with one attached hydrogen (secondary N) is 2. The van der Waals surface area contributed by atoms with Crippen LogP contribution in [0, 0.1) is 0 Å². The van der Waals surface area contributed by atoms with Gasteiger partial charge in [-0.25, -0.2) is 0 Å². The normalized spacial score (nSPS) is 16.4. The predicted octanol–water partition coefficient (Wildman–Crippen LogP) is 3.70. The molecule has 0 aliphatic carbocycles. The van der Waals surface area contributed by atoms with Gasteiger partial charge >= 0.3 is 5.97 Å². The van der Waals surface area contributed by atoms with Crippen LogP contribution in [-0.2, 0) is 25.6 Å². The van der Waals surface area contributed by atoms with Gasteiger partial charge in [0.2, 0.25) is 11.8 Å². The monoisotopic (exact) mass is 605 g/mol. The van der Waals surface area contributed by atoms with Crippen molar-refractivity contribution < 1.29 is 33.8 Å². The number of anilines is 1. The van der Waals surface area contributed by atoms with E-state index in [0.29, 0.717) is 22.3 Å². The van der Waals surface area contributed by atoms with E-state index in [1.807, 2.05) is 6.07 Å². The molecule has 0 aromatic heterocycles. The van der Waals surface area contributed by atoms with Crippen LogP contribution < -0.4 is 20.3 Å². The molecule has 0 radical (unpaired) electrons. The number of amides is 3. The molecule has 4 aromatic carbocycles. The number of hydrogen-bond donors (Lipinski definition) is 3. The minimum absolute atomic E-state index is 0.0444. The summed E-state index contributed by atoms with van der Waals surface area (Å²) in [5.41, 5.74) is 2.54. The first-order valence-electron chi connectivity index (χ1n) is 14.3. The number of para-hydroxylation sites is 2. The second kappa shape index (κ2) is 13.7. The molecule has 45 heavy (non-hydrogen) atoms. The van der Waals surface area contributed by atoms with Gasteiger partial charge in [0.1, 0.15) is 24.4 Å². The van der Waals surface area contributed by atoms with E-state index in [0.717, 1.165) is 4.90 Å². The first-order valence-corrected chi connectivity index (χ1v) is 14.3. The third kappa shape index (κ3) is 7.24. The highest BCUT2D eigenvalue weighted by Gasteiger charge is 2.41. The Balaban J connectivity index is 1.29. The molecule has 1 unspecified atom stereocenters. The third-order valence-electron chi connectivity index (χ3n) is 7.35. The van der Waals surface area contributed by atoms with Crippen LogP contribution in [0.4, 0.5) is 5.69 Å². The van der Waals surface area contributed by atoms with Gasteiger partial charge in [0.05, 0.1) is 12.1 Å². The fourth-order valence-corrected chi connectivity index (χ4v) is 5.09. The van der Waals surface area contributed by atoms with Gasteiger partial charge in [-0.3, -0.25) is 28.9 Å². The zero-order valence-electron chi connectivity index (χ0n) is 24.4. The van der Waals surface area contributed by atoms with Crippen LogP contribution in [-0.4, -0.2) is 53.2 Å². The van der Waals surface area contributed by atoms with E-state index in [9.17, 15) is 29.1 Å². The molecule has 3 amide bonds. The second-order valence-electron chi connectivity index (χ2n) is 10.6. The van der Waals surface area contributed by atoms with E-state index in [1.54, 1.807) is 103 Å². The maximum atomic E-state index is 13.9. The van der Waals surface area contributed by atoms with Crippen LogP contribution in [0.25, 0.3) is 0 Å². The lowest BCUT2D eigenvalue weighted by Gasteiger charge is -2.28. The summed E-state index contributed by atoms with van der Waals surface area (Å²) < 4.78 is 6.25. The van der Waals surface area contributed by atoms with Gasteiger partial charge in [0.15, 0.2) is 11.9 Å². The minimum atomic E-state index is -1.30. The molecule has 0 saturated carbocycles. The number of benzene rings is 4. The van der Waals surface area contributed by atoms with Gasteiger partial charge in [-0.1, -0.05) is 97.1 Å². The lowest BCUT2D eigenvalue weighted by atomic mass is 10.0. The molecule has 10 nitrogen and oxygen atoms in total. The zero-order valence-corrected chi connectivity index (χ0v) is 24.4. The highest BCUT2D eigenvalue weighted by atomic mass is 16.5. The molecule has 5 rings (SSSR count). The maximum Gasteiger partial charge on any atom is 0.323 e. The van der Waals surface area contributed by atoms with E-state index in [-0.39, 0.29) is 23.6 Å². The molecule has 3 atom stereocenters. The van der Waals surface area contributed by atoms with Gasteiger partial charge in [-0.15, -0.1) is 0 Å². The van der Waals surface area contributed by atoms with E-state index < -0.39 is 48.4 Å².